The fourth-order valence-electron chi connectivity index (χ4n) is 4.08. The van der Waals surface area contributed by atoms with Gasteiger partial charge < -0.3 is 14.6 Å². The highest BCUT2D eigenvalue weighted by Crippen LogP contribution is 2.34. The molecule has 4 amide bonds. The van der Waals surface area contributed by atoms with Crippen molar-refractivity contribution in [2.75, 3.05) is 6.54 Å². The topological polar surface area (TPSA) is 82.9 Å². The first-order valence-electron chi connectivity index (χ1n) is 10.5. The SMILES string of the molecule is CC1(c2cc3ccccc3o2)NC(=O)N(CC(=O)N(Cc2ccccc2F)C2CC2)C1=O. The van der Waals surface area contributed by atoms with Gasteiger partial charge in [-0.05, 0) is 38.0 Å². The summed E-state index contributed by atoms with van der Waals surface area (Å²) in [5, 5.41) is 3.48. The molecule has 0 spiro atoms. The Kier molecular flexibility index (Phi) is 4.73. The molecule has 1 N–H and O–H groups in total. The number of nitrogens with one attached hydrogen (secondary N) is 1. The van der Waals surface area contributed by atoms with Crippen molar-refractivity contribution in [3.8, 4) is 0 Å². The second-order valence-electron chi connectivity index (χ2n) is 8.44. The lowest BCUT2D eigenvalue weighted by atomic mass is 9.99. The molecule has 2 heterocycles. The molecule has 1 saturated carbocycles. The van der Waals surface area contributed by atoms with Crippen LogP contribution in [0.4, 0.5) is 9.18 Å². The van der Waals surface area contributed by atoms with E-state index in [1.165, 1.54) is 6.07 Å². The number of carbonyl (C=O) groups is 3. The van der Waals surface area contributed by atoms with E-state index in [0.717, 1.165) is 23.1 Å². The van der Waals surface area contributed by atoms with Crippen molar-refractivity contribution in [1.82, 2.24) is 15.1 Å². The van der Waals surface area contributed by atoms with Gasteiger partial charge in [0.2, 0.25) is 5.91 Å². The molecular formula is C24H22FN3O4. The molecule has 7 nitrogen and oxygen atoms in total. The third-order valence-corrected chi connectivity index (χ3v) is 6.09. The predicted octanol–water partition coefficient (Wildman–Crippen LogP) is 3.53. The Morgan fingerprint density at radius 2 is 1.91 bits per heavy atom. The van der Waals surface area contributed by atoms with E-state index in [0.29, 0.717) is 16.9 Å². The first-order chi connectivity index (χ1) is 15.4. The van der Waals surface area contributed by atoms with Gasteiger partial charge in [0.1, 0.15) is 23.7 Å². The van der Waals surface area contributed by atoms with Gasteiger partial charge in [0, 0.05) is 23.5 Å². The summed E-state index contributed by atoms with van der Waals surface area (Å²) in [7, 11) is 0. The molecule has 1 aliphatic heterocycles. The molecule has 1 saturated heterocycles. The maximum Gasteiger partial charge on any atom is 0.325 e. The summed E-state index contributed by atoms with van der Waals surface area (Å²) in [4.78, 5) is 41.4. The number of para-hydroxylation sites is 1. The van der Waals surface area contributed by atoms with Crippen LogP contribution in [0.25, 0.3) is 11.0 Å². The summed E-state index contributed by atoms with van der Waals surface area (Å²) in [6, 6.07) is 14.6. The second kappa shape index (κ2) is 7.47. The summed E-state index contributed by atoms with van der Waals surface area (Å²) in [6.45, 7) is 1.25. The van der Waals surface area contributed by atoms with Gasteiger partial charge in [-0.25, -0.2) is 9.18 Å². The molecule has 3 aromatic rings. The summed E-state index contributed by atoms with van der Waals surface area (Å²) in [5.41, 5.74) is -0.408. The fourth-order valence-corrected chi connectivity index (χ4v) is 4.08. The van der Waals surface area contributed by atoms with E-state index in [9.17, 15) is 18.8 Å². The van der Waals surface area contributed by atoms with E-state index >= 15 is 0 Å². The predicted molar refractivity (Wildman–Crippen MR) is 114 cm³/mol. The van der Waals surface area contributed by atoms with Crippen molar-refractivity contribution >= 4 is 28.8 Å². The molecule has 1 aliphatic carbocycles. The quantitative estimate of drug-likeness (QED) is 0.601. The number of fused-ring (bicyclic) bond motifs is 1. The van der Waals surface area contributed by atoms with E-state index in [-0.39, 0.29) is 12.6 Å². The normalized spacial score (nSPS) is 20.6. The Labute approximate surface area is 183 Å². The first kappa shape index (κ1) is 20.2. The highest BCUT2D eigenvalue weighted by atomic mass is 19.1. The van der Waals surface area contributed by atoms with Crippen molar-refractivity contribution in [2.45, 2.75) is 37.9 Å². The molecule has 0 radical (unpaired) electrons. The number of hydrogen-bond acceptors (Lipinski definition) is 4. The van der Waals surface area contributed by atoms with E-state index in [4.69, 9.17) is 4.42 Å². The van der Waals surface area contributed by atoms with Gasteiger partial charge in [-0.2, -0.15) is 0 Å². The highest BCUT2D eigenvalue weighted by Gasteiger charge is 2.52. The molecule has 2 aliphatic rings. The number of halogens is 1. The lowest BCUT2D eigenvalue weighted by Crippen LogP contribution is -2.45. The molecule has 1 aromatic heterocycles. The minimum Gasteiger partial charge on any atom is -0.458 e. The number of nitrogens with zero attached hydrogens (tertiary/aromatic N) is 2. The van der Waals surface area contributed by atoms with Crippen molar-refractivity contribution in [1.29, 1.82) is 0 Å². The van der Waals surface area contributed by atoms with Gasteiger partial charge in [0.25, 0.3) is 5.91 Å². The maximum absolute atomic E-state index is 14.1. The van der Waals surface area contributed by atoms with Crippen molar-refractivity contribution < 1.29 is 23.2 Å². The maximum atomic E-state index is 14.1. The lowest BCUT2D eigenvalue weighted by molar-refractivity contribution is -0.139. The molecule has 8 heteroatoms. The van der Waals surface area contributed by atoms with Gasteiger partial charge in [-0.1, -0.05) is 36.4 Å². The van der Waals surface area contributed by atoms with Gasteiger partial charge in [0.15, 0.2) is 5.54 Å². The summed E-state index contributed by atoms with van der Waals surface area (Å²) < 4.78 is 19.9. The molecule has 0 bridgehead atoms. The smallest absolute Gasteiger partial charge is 0.325 e. The number of imide groups is 1. The van der Waals surface area contributed by atoms with Crippen molar-refractivity contribution in [3.05, 3.63) is 71.7 Å². The van der Waals surface area contributed by atoms with E-state index < -0.39 is 35.7 Å². The standard InChI is InChI=1S/C24H22FN3O4/c1-24(20-12-15-6-3-5-9-19(15)32-20)22(30)28(23(31)26-24)14-21(29)27(17-10-11-17)13-16-7-2-4-8-18(16)25/h2-9,12,17H,10-11,13-14H2,1H3,(H,26,31). The molecule has 2 fully saturated rings. The molecular weight excluding hydrogens is 413 g/mol. The van der Waals surface area contributed by atoms with Crippen LogP contribution >= 0.6 is 0 Å². The minimum absolute atomic E-state index is 0.00960. The Morgan fingerprint density at radius 3 is 2.62 bits per heavy atom. The number of furan rings is 1. The first-order valence-corrected chi connectivity index (χ1v) is 10.5. The number of hydrogen-bond donors (Lipinski definition) is 1. The zero-order valence-electron chi connectivity index (χ0n) is 17.5. The Morgan fingerprint density at radius 1 is 1.19 bits per heavy atom. The van der Waals surface area contributed by atoms with Crippen LogP contribution in [0.2, 0.25) is 0 Å². The van der Waals surface area contributed by atoms with Crippen molar-refractivity contribution in [3.63, 3.8) is 0 Å². The Balaban J connectivity index is 1.36. The van der Waals surface area contributed by atoms with Crippen LogP contribution in [0.3, 0.4) is 0 Å². The zero-order valence-corrected chi connectivity index (χ0v) is 17.5. The number of carbonyl (C=O) groups excluding carboxylic acids is 3. The highest BCUT2D eigenvalue weighted by molar-refractivity contribution is 6.09. The molecule has 1 atom stereocenters. The third-order valence-electron chi connectivity index (χ3n) is 6.09. The second-order valence-corrected chi connectivity index (χ2v) is 8.44. The molecule has 2 aromatic carbocycles. The molecule has 32 heavy (non-hydrogen) atoms. The molecule has 5 rings (SSSR count). The number of rotatable bonds is 6. The summed E-state index contributed by atoms with van der Waals surface area (Å²) >= 11 is 0. The van der Waals surface area contributed by atoms with Crippen LogP contribution in [-0.2, 0) is 21.7 Å². The Bertz CT molecular complexity index is 1200. The number of amides is 4. The van der Waals surface area contributed by atoms with Gasteiger partial charge in [-0.3, -0.25) is 14.5 Å². The Hall–Kier alpha value is -3.68. The van der Waals surface area contributed by atoms with Crippen LogP contribution in [0, 0.1) is 5.82 Å². The van der Waals surface area contributed by atoms with Crippen LogP contribution in [0.5, 0.6) is 0 Å². The number of urea groups is 1. The van der Waals surface area contributed by atoms with E-state index in [2.05, 4.69) is 5.32 Å². The van der Waals surface area contributed by atoms with Gasteiger partial charge in [0.05, 0.1) is 0 Å². The zero-order chi connectivity index (χ0) is 22.5. The van der Waals surface area contributed by atoms with Gasteiger partial charge in [-0.15, -0.1) is 0 Å². The van der Waals surface area contributed by atoms with Crippen LogP contribution in [0.1, 0.15) is 31.1 Å². The fraction of sp³-hybridized carbons (Fsp3) is 0.292. The average molecular weight is 435 g/mol. The number of benzene rings is 2. The van der Waals surface area contributed by atoms with Crippen LogP contribution in [-0.4, -0.2) is 40.2 Å². The molecule has 1 unspecified atom stereocenters. The van der Waals surface area contributed by atoms with E-state index in [1.807, 2.05) is 18.2 Å². The monoisotopic (exact) mass is 435 g/mol. The van der Waals surface area contributed by atoms with Crippen LogP contribution in [0.15, 0.2) is 59.0 Å². The average Bonchev–Trinajstić information content (AvgIpc) is 3.47. The summed E-state index contributed by atoms with van der Waals surface area (Å²) in [5.74, 6) is -1.04. The van der Waals surface area contributed by atoms with Crippen LogP contribution < -0.4 is 5.32 Å². The minimum atomic E-state index is -1.41. The molecule has 164 valence electrons. The largest absolute Gasteiger partial charge is 0.458 e. The lowest BCUT2D eigenvalue weighted by Gasteiger charge is -2.25. The van der Waals surface area contributed by atoms with Gasteiger partial charge >= 0.3 is 6.03 Å². The van der Waals surface area contributed by atoms with Crippen molar-refractivity contribution in [2.24, 2.45) is 0 Å². The summed E-state index contributed by atoms with van der Waals surface area (Å²) in [6.07, 6.45) is 1.63. The third kappa shape index (κ3) is 3.41. The van der Waals surface area contributed by atoms with E-state index in [1.54, 1.807) is 42.2 Å².